The number of nitrogens with two attached hydrogens (primary N) is 1. The van der Waals surface area contributed by atoms with Gasteiger partial charge in [0.15, 0.2) is 0 Å². The predicted octanol–water partition coefficient (Wildman–Crippen LogP) is 3.09. The summed E-state index contributed by atoms with van der Waals surface area (Å²) in [5.74, 6) is -0.124. The number of halogens is 1. The van der Waals surface area contributed by atoms with E-state index in [2.05, 4.69) is 11.8 Å². The van der Waals surface area contributed by atoms with Crippen molar-refractivity contribution >= 4 is 0 Å². The molecule has 1 aromatic carbocycles. The second-order valence-electron chi connectivity index (χ2n) is 5.16. The van der Waals surface area contributed by atoms with Crippen LogP contribution < -0.4 is 5.73 Å². The molecule has 2 rings (SSSR count). The lowest BCUT2D eigenvalue weighted by molar-refractivity contribution is 0.182. The Bertz CT molecular complexity index is 381. The monoisotopic (exact) mass is 250 g/mol. The fourth-order valence-electron chi connectivity index (χ4n) is 2.94. The SMILES string of the molecule is CCCN1CCCCC(N)C1c1ccccc1F. The first-order valence-electron chi connectivity index (χ1n) is 6.98. The molecule has 0 spiro atoms. The maximum Gasteiger partial charge on any atom is 0.128 e. The molecule has 3 heteroatoms. The molecule has 0 radical (unpaired) electrons. The van der Waals surface area contributed by atoms with E-state index in [4.69, 9.17) is 5.73 Å². The van der Waals surface area contributed by atoms with Gasteiger partial charge in [-0.3, -0.25) is 4.90 Å². The van der Waals surface area contributed by atoms with Crippen LogP contribution >= 0.6 is 0 Å². The van der Waals surface area contributed by atoms with Crippen LogP contribution in [0.5, 0.6) is 0 Å². The Labute approximate surface area is 109 Å². The van der Waals surface area contributed by atoms with Crippen molar-refractivity contribution in [3.05, 3.63) is 35.6 Å². The van der Waals surface area contributed by atoms with E-state index in [9.17, 15) is 4.39 Å². The van der Waals surface area contributed by atoms with E-state index in [1.807, 2.05) is 12.1 Å². The molecule has 0 saturated carbocycles. The van der Waals surface area contributed by atoms with Crippen LogP contribution in [0, 0.1) is 5.82 Å². The van der Waals surface area contributed by atoms with E-state index in [1.165, 1.54) is 12.5 Å². The number of hydrogen-bond donors (Lipinski definition) is 1. The zero-order valence-electron chi connectivity index (χ0n) is 11.1. The lowest BCUT2D eigenvalue weighted by Crippen LogP contribution is -2.40. The normalized spacial score (nSPS) is 25.9. The highest BCUT2D eigenvalue weighted by atomic mass is 19.1. The Morgan fingerprint density at radius 3 is 2.83 bits per heavy atom. The molecule has 1 aliphatic heterocycles. The quantitative estimate of drug-likeness (QED) is 0.893. The molecule has 0 aliphatic carbocycles. The average Bonchev–Trinajstić information content (AvgIpc) is 2.53. The number of hydrogen-bond acceptors (Lipinski definition) is 2. The summed E-state index contributed by atoms with van der Waals surface area (Å²) >= 11 is 0. The molecule has 2 nitrogen and oxygen atoms in total. The van der Waals surface area contributed by atoms with Crippen LogP contribution in [0.1, 0.15) is 44.2 Å². The standard InChI is InChI=1S/C15H23FN2/c1-2-10-18-11-6-5-9-14(17)15(18)12-7-3-4-8-13(12)16/h3-4,7-8,14-15H,2,5-6,9-11,17H2,1H3. The van der Waals surface area contributed by atoms with Crippen LogP contribution in [0.15, 0.2) is 24.3 Å². The molecule has 1 heterocycles. The first-order chi connectivity index (χ1) is 8.74. The maximum atomic E-state index is 14.0. The van der Waals surface area contributed by atoms with Crippen molar-refractivity contribution in [1.82, 2.24) is 4.90 Å². The van der Waals surface area contributed by atoms with E-state index in [-0.39, 0.29) is 17.9 Å². The van der Waals surface area contributed by atoms with Gasteiger partial charge in [-0.15, -0.1) is 0 Å². The van der Waals surface area contributed by atoms with Gasteiger partial charge in [0.25, 0.3) is 0 Å². The van der Waals surface area contributed by atoms with Gasteiger partial charge >= 0.3 is 0 Å². The van der Waals surface area contributed by atoms with E-state index >= 15 is 0 Å². The van der Waals surface area contributed by atoms with Crippen molar-refractivity contribution < 1.29 is 4.39 Å². The van der Waals surface area contributed by atoms with Gasteiger partial charge in [0.1, 0.15) is 5.82 Å². The van der Waals surface area contributed by atoms with Crippen LogP contribution in [-0.2, 0) is 0 Å². The summed E-state index contributed by atoms with van der Waals surface area (Å²) in [5, 5.41) is 0. The Balaban J connectivity index is 2.31. The lowest BCUT2D eigenvalue weighted by Gasteiger charge is -2.33. The third-order valence-electron chi connectivity index (χ3n) is 3.77. The van der Waals surface area contributed by atoms with Gasteiger partial charge in [-0.05, 0) is 38.4 Å². The van der Waals surface area contributed by atoms with Crippen LogP contribution in [0.3, 0.4) is 0 Å². The Hall–Kier alpha value is -0.930. The van der Waals surface area contributed by atoms with E-state index in [0.717, 1.165) is 37.9 Å². The van der Waals surface area contributed by atoms with E-state index in [1.54, 1.807) is 6.07 Å². The molecule has 0 bridgehead atoms. The summed E-state index contributed by atoms with van der Waals surface area (Å²) in [4.78, 5) is 2.36. The topological polar surface area (TPSA) is 29.3 Å². The smallest absolute Gasteiger partial charge is 0.128 e. The first kappa shape index (κ1) is 13.5. The third kappa shape index (κ3) is 2.90. The highest BCUT2D eigenvalue weighted by Crippen LogP contribution is 2.30. The van der Waals surface area contributed by atoms with Crippen molar-refractivity contribution in [3.8, 4) is 0 Å². The third-order valence-corrected chi connectivity index (χ3v) is 3.77. The second-order valence-corrected chi connectivity index (χ2v) is 5.16. The minimum Gasteiger partial charge on any atom is -0.326 e. The molecular formula is C15H23FN2. The molecule has 0 amide bonds. The summed E-state index contributed by atoms with van der Waals surface area (Å²) in [5.41, 5.74) is 7.06. The van der Waals surface area contributed by atoms with Crippen molar-refractivity contribution in [3.63, 3.8) is 0 Å². The second kappa shape index (κ2) is 6.30. The zero-order valence-corrected chi connectivity index (χ0v) is 11.1. The summed E-state index contributed by atoms with van der Waals surface area (Å²) < 4.78 is 14.0. The Morgan fingerprint density at radius 1 is 1.33 bits per heavy atom. The first-order valence-corrected chi connectivity index (χ1v) is 6.98. The molecule has 2 atom stereocenters. The van der Waals surface area contributed by atoms with Gasteiger partial charge in [-0.2, -0.15) is 0 Å². The van der Waals surface area contributed by atoms with Gasteiger partial charge in [-0.1, -0.05) is 31.5 Å². The summed E-state index contributed by atoms with van der Waals surface area (Å²) in [6, 6.07) is 7.14. The van der Waals surface area contributed by atoms with Crippen LogP contribution in [0.4, 0.5) is 4.39 Å². The minimum absolute atomic E-state index is 0.0358. The van der Waals surface area contributed by atoms with Gasteiger partial charge in [-0.25, -0.2) is 4.39 Å². The Kier molecular flexibility index (Phi) is 4.72. The molecule has 1 fully saturated rings. The van der Waals surface area contributed by atoms with Gasteiger partial charge in [0.2, 0.25) is 0 Å². The van der Waals surface area contributed by atoms with E-state index in [0.29, 0.717) is 0 Å². The largest absolute Gasteiger partial charge is 0.326 e. The van der Waals surface area contributed by atoms with Crippen LogP contribution in [0.2, 0.25) is 0 Å². The molecule has 18 heavy (non-hydrogen) atoms. The molecule has 100 valence electrons. The average molecular weight is 250 g/mol. The number of benzene rings is 1. The van der Waals surface area contributed by atoms with Gasteiger partial charge in [0.05, 0.1) is 6.04 Å². The molecule has 2 unspecified atom stereocenters. The van der Waals surface area contributed by atoms with Crippen molar-refractivity contribution in [1.29, 1.82) is 0 Å². The zero-order chi connectivity index (χ0) is 13.0. The number of rotatable bonds is 3. The van der Waals surface area contributed by atoms with E-state index < -0.39 is 0 Å². The number of nitrogens with zero attached hydrogens (tertiary/aromatic N) is 1. The fraction of sp³-hybridized carbons (Fsp3) is 0.600. The van der Waals surface area contributed by atoms with Crippen molar-refractivity contribution in [2.24, 2.45) is 5.73 Å². The van der Waals surface area contributed by atoms with Crippen LogP contribution in [-0.4, -0.2) is 24.0 Å². The van der Waals surface area contributed by atoms with Crippen molar-refractivity contribution in [2.75, 3.05) is 13.1 Å². The summed E-state index contributed by atoms with van der Waals surface area (Å²) in [6.45, 7) is 4.18. The predicted molar refractivity (Wildman–Crippen MR) is 72.8 cm³/mol. The highest BCUT2D eigenvalue weighted by molar-refractivity contribution is 5.23. The lowest BCUT2D eigenvalue weighted by atomic mass is 9.96. The number of likely N-dealkylation sites (tertiary alicyclic amines) is 1. The Morgan fingerprint density at radius 2 is 2.11 bits per heavy atom. The molecule has 2 N–H and O–H groups in total. The molecular weight excluding hydrogens is 227 g/mol. The van der Waals surface area contributed by atoms with Gasteiger partial charge < -0.3 is 5.73 Å². The van der Waals surface area contributed by atoms with Crippen LogP contribution in [0.25, 0.3) is 0 Å². The maximum absolute atomic E-state index is 14.0. The molecule has 1 aliphatic rings. The molecule has 1 saturated heterocycles. The fourth-order valence-corrected chi connectivity index (χ4v) is 2.94. The highest BCUT2D eigenvalue weighted by Gasteiger charge is 2.29. The minimum atomic E-state index is -0.124. The van der Waals surface area contributed by atoms with Gasteiger partial charge in [0, 0.05) is 11.6 Å². The van der Waals surface area contributed by atoms with Crippen molar-refractivity contribution in [2.45, 2.75) is 44.7 Å². The summed E-state index contributed by atoms with van der Waals surface area (Å²) in [7, 11) is 0. The molecule has 0 aromatic heterocycles. The summed E-state index contributed by atoms with van der Waals surface area (Å²) in [6.07, 6.45) is 4.38. The molecule has 1 aromatic rings.